The summed E-state index contributed by atoms with van der Waals surface area (Å²) < 4.78 is 6.72. The number of halogens is 1. The molecule has 2 aromatic rings. The van der Waals surface area contributed by atoms with Gasteiger partial charge in [-0.3, -0.25) is 0 Å². The van der Waals surface area contributed by atoms with Crippen LogP contribution in [0, 0.1) is 6.92 Å². The van der Waals surface area contributed by atoms with Crippen LogP contribution in [0.4, 0.5) is 0 Å². The summed E-state index contributed by atoms with van der Waals surface area (Å²) in [6, 6.07) is 10.7. The molecule has 0 N–H and O–H groups in total. The van der Waals surface area contributed by atoms with Crippen LogP contribution in [0.5, 0.6) is 0 Å². The van der Waals surface area contributed by atoms with Crippen LogP contribution in [0.25, 0.3) is 11.1 Å². The zero-order valence-electron chi connectivity index (χ0n) is 11.8. The van der Waals surface area contributed by atoms with Crippen LogP contribution in [0.3, 0.4) is 0 Å². The van der Waals surface area contributed by atoms with E-state index in [1.165, 1.54) is 29.6 Å². The SMILES string of the molecule is Cc1cc(C2=C(c3ccc(Br)cc3)CC3CCC2S3)on1. The fraction of sp³-hybridized carbons (Fsp3) is 0.353. The number of thioether (sulfide) groups is 1. The fourth-order valence-corrected chi connectivity index (χ4v) is 5.25. The Morgan fingerprint density at radius 2 is 2.05 bits per heavy atom. The number of nitrogens with zero attached hydrogens (tertiary/aromatic N) is 1. The van der Waals surface area contributed by atoms with E-state index in [4.69, 9.17) is 4.52 Å². The Balaban J connectivity index is 1.87. The number of fused-ring (bicyclic) bond motifs is 2. The lowest BCUT2D eigenvalue weighted by atomic mass is 9.93. The number of aromatic nitrogens is 1. The Morgan fingerprint density at radius 3 is 2.76 bits per heavy atom. The topological polar surface area (TPSA) is 26.0 Å². The Kier molecular flexibility index (Phi) is 3.46. The molecular weight excluding hydrogens is 346 g/mol. The number of rotatable bonds is 2. The molecule has 4 heteroatoms. The van der Waals surface area contributed by atoms with Gasteiger partial charge in [-0.2, -0.15) is 0 Å². The van der Waals surface area contributed by atoms with Crippen molar-refractivity contribution in [1.29, 1.82) is 0 Å². The molecule has 1 aromatic carbocycles. The monoisotopic (exact) mass is 361 g/mol. The van der Waals surface area contributed by atoms with Crippen LogP contribution in [0.2, 0.25) is 0 Å². The first-order chi connectivity index (χ1) is 10.2. The number of benzene rings is 1. The van der Waals surface area contributed by atoms with Crippen molar-refractivity contribution in [3.63, 3.8) is 0 Å². The van der Waals surface area contributed by atoms with Gasteiger partial charge in [-0.15, -0.1) is 11.8 Å². The first-order valence-corrected chi connectivity index (χ1v) is 9.02. The highest BCUT2D eigenvalue weighted by Crippen LogP contribution is 2.52. The molecule has 0 spiro atoms. The highest BCUT2D eigenvalue weighted by molar-refractivity contribution is 9.10. The number of hydrogen-bond acceptors (Lipinski definition) is 3. The molecular formula is C17H16BrNOS. The second-order valence-electron chi connectivity index (χ2n) is 5.76. The lowest BCUT2D eigenvalue weighted by Crippen LogP contribution is -2.11. The van der Waals surface area contributed by atoms with Gasteiger partial charge >= 0.3 is 0 Å². The smallest absolute Gasteiger partial charge is 0.164 e. The van der Waals surface area contributed by atoms with Crippen molar-refractivity contribution in [3.05, 3.63) is 51.8 Å². The molecule has 0 aliphatic carbocycles. The first-order valence-electron chi connectivity index (χ1n) is 7.29. The van der Waals surface area contributed by atoms with Crippen LogP contribution in [0.15, 0.2) is 39.3 Å². The van der Waals surface area contributed by atoms with E-state index in [1.54, 1.807) is 0 Å². The van der Waals surface area contributed by atoms with Gasteiger partial charge in [-0.1, -0.05) is 33.2 Å². The molecule has 2 bridgehead atoms. The van der Waals surface area contributed by atoms with Crippen molar-refractivity contribution >= 4 is 38.8 Å². The van der Waals surface area contributed by atoms with E-state index in [2.05, 4.69) is 63.2 Å². The zero-order valence-corrected chi connectivity index (χ0v) is 14.2. The van der Waals surface area contributed by atoms with Gasteiger partial charge in [0, 0.05) is 26.6 Å². The van der Waals surface area contributed by atoms with Gasteiger partial charge in [0.05, 0.1) is 5.69 Å². The normalized spacial score (nSPS) is 24.7. The van der Waals surface area contributed by atoms with E-state index in [1.807, 2.05) is 6.92 Å². The summed E-state index contributed by atoms with van der Waals surface area (Å²) in [5.74, 6) is 0.961. The summed E-state index contributed by atoms with van der Waals surface area (Å²) in [4.78, 5) is 0. The standard InChI is InChI=1S/C17H16BrNOS/c1-10-8-15(20-19-10)17-14(9-13-6-7-16(17)21-13)11-2-4-12(18)5-3-11/h2-5,8,13,16H,6-7,9H2,1H3. The Labute approximate surface area is 137 Å². The Hall–Kier alpha value is -1.00. The average Bonchev–Trinajstić information content (AvgIpc) is 3.07. The number of aryl methyl sites for hydroxylation is 1. The summed E-state index contributed by atoms with van der Waals surface area (Å²) in [5, 5.41) is 5.42. The van der Waals surface area contributed by atoms with E-state index in [0.29, 0.717) is 5.25 Å². The van der Waals surface area contributed by atoms with Gasteiger partial charge in [0.1, 0.15) is 0 Å². The first kappa shape index (κ1) is 13.6. The van der Waals surface area contributed by atoms with E-state index < -0.39 is 0 Å². The lowest BCUT2D eigenvalue weighted by molar-refractivity contribution is 0.404. The predicted octanol–water partition coefficient (Wildman–Crippen LogP) is 5.32. The highest BCUT2D eigenvalue weighted by atomic mass is 79.9. The molecule has 2 aliphatic rings. The maximum absolute atomic E-state index is 5.60. The second-order valence-corrected chi connectivity index (χ2v) is 8.18. The average molecular weight is 362 g/mol. The molecule has 3 heterocycles. The van der Waals surface area contributed by atoms with Crippen molar-refractivity contribution < 1.29 is 4.52 Å². The van der Waals surface area contributed by atoms with Gasteiger partial charge in [0.2, 0.25) is 0 Å². The molecule has 2 aliphatic heterocycles. The second kappa shape index (κ2) is 5.33. The van der Waals surface area contributed by atoms with Crippen LogP contribution in [-0.4, -0.2) is 15.7 Å². The maximum Gasteiger partial charge on any atom is 0.164 e. The molecule has 2 unspecified atom stereocenters. The van der Waals surface area contributed by atoms with Crippen molar-refractivity contribution in [2.45, 2.75) is 36.7 Å². The van der Waals surface area contributed by atoms with E-state index >= 15 is 0 Å². The quantitative estimate of drug-likeness (QED) is 0.723. The third kappa shape index (κ3) is 2.49. The minimum absolute atomic E-state index is 0.565. The zero-order chi connectivity index (χ0) is 14.4. The van der Waals surface area contributed by atoms with Gasteiger partial charge < -0.3 is 4.52 Å². The third-order valence-electron chi connectivity index (χ3n) is 4.27. The summed E-state index contributed by atoms with van der Waals surface area (Å²) in [7, 11) is 0. The summed E-state index contributed by atoms with van der Waals surface area (Å²) in [6.07, 6.45) is 3.70. The van der Waals surface area contributed by atoms with Crippen molar-refractivity contribution in [2.24, 2.45) is 0 Å². The molecule has 2 atom stereocenters. The number of hydrogen-bond donors (Lipinski definition) is 0. The third-order valence-corrected chi connectivity index (χ3v) is 6.39. The molecule has 21 heavy (non-hydrogen) atoms. The summed E-state index contributed by atoms with van der Waals surface area (Å²) in [5.41, 5.74) is 5.10. The van der Waals surface area contributed by atoms with Crippen molar-refractivity contribution in [2.75, 3.05) is 0 Å². The largest absolute Gasteiger partial charge is 0.356 e. The fourth-order valence-electron chi connectivity index (χ4n) is 3.32. The van der Waals surface area contributed by atoms with Gasteiger partial charge in [0.15, 0.2) is 5.76 Å². The highest BCUT2D eigenvalue weighted by Gasteiger charge is 2.37. The Bertz CT molecular complexity index is 704. The molecule has 2 nitrogen and oxygen atoms in total. The lowest BCUT2D eigenvalue weighted by Gasteiger charge is -2.25. The maximum atomic E-state index is 5.60. The van der Waals surface area contributed by atoms with Crippen LogP contribution >= 0.6 is 27.7 Å². The van der Waals surface area contributed by atoms with Gasteiger partial charge in [-0.25, -0.2) is 0 Å². The molecule has 4 rings (SSSR count). The molecule has 0 amide bonds. The Morgan fingerprint density at radius 1 is 1.24 bits per heavy atom. The van der Waals surface area contributed by atoms with Crippen LogP contribution < -0.4 is 0 Å². The summed E-state index contributed by atoms with van der Waals surface area (Å²) >= 11 is 5.63. The van der Waals surface area contributed by atoms with E-state index in [0.717, 1.165) is 27.6 Å². The van der Waals surface area contributed by atoms with E-state index in [-0.39, 0.29) is 0 Å². The molecule has 108 valence electrons. The van der Waals surface area contributed by atoms with Crippen molar-refractivity contribution in [3.8, 4) is 0 Å². The van der Waals surface area contributed by atoms with Gasteiger partial charge in [-0.05, 0) is 49.5 Å². The molecule has 1 aromatic heterocycles. The van der Waals surface area contributed by atoms with E-state index in [9.17, 15) is 0 Å². The van der Waals surface area contributed by atoms with Crippen molar-refractivity contribution in [1.82, 2.24) is 5.16 Å². The number of allylic oxidation sites excluding steroid dienone is 1. The van der Waals surface area contributed by atoms with Crippen LogP contribution in [-0.2, 0) is 0 Å². The molecule has 1 saturated heterocycles. The molecule has 1 fully saturated rings. The minimum atomic E-state index is 0.565. The summed E-state index contributed by atoms with van der Waals surface area (Å²) in [6.45, 7) is 1.99. The van der Waals surface area contributed by atoms with Crippen LogP contribution in [0.1, 0.15) is 36.3 Å². The van der Waals surface area contributed by atoms with Gasteiger partial charge in [0.25, 0.3) is 0 Å². The minimum Gasteiger partial charge on any atom is -0.356 e. The molecule has 0 saturated carbocycles. The predicted molar refractivity (Wildman–Crippen MR) is 91.2 cm³/mol. The molecule has 0 radical (unpaired) electrons.